The minimum Gasteiger partial charge on any atom is -0.333 e. The summed E-state index contributed by atoms with van der Waals surface area (Å²) < 4.78 is 56.5. The number of carbonyl (C=O) groups excluding carboxylic acids is 1. The molecule has 0 radical (unpaired) electrons. The fraction of sp³-hybridized carbons (Fsp3) is 0.273. The fourth-order valence-electron chi connectivity index (χ4n) is 3.64. The molecule has 1 aromatic heterocycles. The van der Waals surface area contributed by atoms with E-state index >= 15 is 4.39 Å². The monoisotopic (exact) mass is 574 g/mol. The summed E-state index contributed by atoms with van der Waals surface area (Å²) in [6, 6.07) is 10.8. The number of sulfone groups is 1. The molecular weight excluding hydrogens is 558 g/mol. The summed E-state index contributed by atoms with van der Waals surface area (Å²) in [6.07, 6.45) is 1.36. The summed E-state index contributed by atoms with van der Waals surface area (Å²) >= 11 is 10.2. The van der Waals surface area contributed by atoms with Crippen LogP contribution in [0.3, 0.4) is 0 Å². The van der Waals surface area contributed by atoms with Crippen LogP contribution in [-0.4, -0.2) is 43.1 Å². The molecule has 11 heteroatoms. The number of hydrogen-bond donors (Lipinski definition) is 0. The third-order valence-electron chi connectivity index (χ3n) is 5.61. The topological polar surface area (TPSA) is 67.3 Å². The van der Waals surface area contributed by atoms with E-state index in [2.05, 4.69) is 20.9 Å². The van der Waals surface area contributed by atoms with E-state index in [1.165, 1.54) is 24.4 Å². The van der Waals surface area contributed by atoms with Crippen molar-refractivity contribution in [2.75, 3.05) is 18.8 Å². The average molecular weight is 576 g/mol. The Morgan fingerprint density at radius 3 is 2.73 bits per heavy atom. The Morgan fingerprint density at radius 1 is 1.30 bits per heavy atom. The van der Waals surface area contributed by atoms with Crippen LogP contribution in [0.15, 0.2) is 53.1 Å². The van der Waals surface area contributed by atoms with E-state index in [1.54, 1.807) is 31.2 Å². The summed E-state index contributed by atoms with van der Waals surface area (Å²) in [5.74, 6) is -1.94. The van der Waals surface area contributed by atoms with Crippen LogP contribution in [0.25, 0.3) is 0 Å². The lowest BCUT2D eigenvalue weighted by Gasteiger charge is -2.35. The molecule has 33 heavy (non-hydrogen) atoms. The number of aromatic nitrogens is 1. The van der Waals surface area contributed by atoms with E-state index < -0.39 is 44.8 Å². The van der Waals surface area contributed by atoms with E-state index in [4.69, 9.17) is 11.6 Å². The first kappa shape index (κ1) is 24.3. The maximum atomic E-state index is 16.2. The van der Waals surface area contributed by atoms with Crippen LogP contribution >= 0.6 is 38.9 Å². The number of amides is 1. The molecular formula is C22H18BrClF2N2O3S2. The SMILES string of the molecule is C[C@@H](c1cnc([C@]2(F)CN(C(=O)c3ccc(Br)c(Cl)c3)CCS2(=O)=O)s1)c1ccccc1F. The van der Waals surface area contributed by atoms with Crippen molar-refractivity contribution in [3.05, 3.63) is 85.0 Å². The minimum atomic E-state index is -4.25. The van der Waals surface area contributed by atoms with Gasteiger partial charge in [0.15, 0.2) is 9.84 Å². The summed E-state index contributed by atoms with van der Waals surface area (Å²) in [6.45, 7) is 0.899. The highest BCUT2D eigenvalue weighted by atomic mass is 79.9. The quantitative estimate of drug-likeness (QED) is 0.410. The predicted octanol–water partition coefficient (Wildman–Crippen LogP) is 5.54. The Balaban J connectivity index is 1.65. The average Bonchev–Trinajstić information content (AvgIpc) is 3.28. The van der Waals surface area contributed by atoms with Crippen LogP contribution in [0.5, 0.6) is 0 Å². The third kappa shape index (κ3) is 4.45. The van der Waals surface area contributed by atoms with Crippen molar-refractivity contribution < 1.29 is 22.0 Å². The van der Waals surface area contributed by atoms with Crippen LogP contribution in [0.1, 0.15) is 38.6 Å². The van der Waals surface area contributed by atoms with Gasteiger partial charge in [-0.05, 0) is 45.8 Å². The van der Waals surface area contributed by atoms with E-state index in [0.29, 0.717) is 19.9 Å². The van der Waals surface area contributed by atoms with Gasteiger partial charge in [-0.25, -0.2) is 22.2 Å². The molecule has 1 aliphatic heterocycles. The van der Waals surface area contributed by atoms with Crippen molar-refractivity contribution in [3.63, 3.8) is 0 Å². The predicted molar refractivity (Wildman–Crippen MR) is 128 cm³/mol. The van der Waals surface area contributed by atoms with Crippen molar-refractivity contribution in [3.8, 4) is 0 Å². The Labute approximate surface area is 207 Å². The molecule has 2 atom stereocenters. The Morgan fingerprint density at radius 2 is 2.03 bits per heavy atom. The Bertz CT molecular complexity index is 1330. The van der Waals surface area contributed by atoms with E-state index in [0.717, 1.165) is 16.2 Å². The van der Waals surface area contributed by atoms with Gasteiger partial charge in [-0.2, -0.15) is 0 Å². The number of carbonyl (C=O) groups is 1. The maximum Gasteiger partial charge on any atom is 0.278 e. The van der Waals surface area contributed by atoms with Gasteiger partial charge in [0.2, 0.25) is 0 Å². The Kier molecular flexibility index (Phi) is 6.65. The van der Waals surface area contributed by atoms with Gasteiger partial charge in [0.05, 0.1) is 17.3 Å². The zero-order chi connectivity index (χ0) is 24.0. The van der Waals surface area contributed by atoms with Gasteiger partial charge in [0.1, 0.15) is 10.8 Å². The summed E-state index contributed by atoms with van der Waals surface area (Å²) in [4.78, 5) is 18.7. The number of nitrogens with zero attached hydrogens (tertiary/aromatic N) is 2. The molecule has 4 rings (SSSR count). The smallest absolute Gasteiger partial charge is 0.278 e. The largest absolute Gasteiger partial charge is 0.333 e. The molecule has 2 aromatic carbocycles. The van der Waals surface area contributed by atoms with Crippen molar-refractivity contribution >= 4 is 54.6 Å². The highest BCUT2D eigenvalue weighted by Crippen LogP contribution is 2.41. The first-order chi connectivity index (χ1) is 15.5. The van der Waals surface area contributed by atoms with Crippen LogP contribution in [0, 0.1) is 5.82 Å². The molecule has 3 aromatic rings. The van der Waals surface area contributed by atoms with Crippen molar-refractivity contribution in [2.45, 2.75) is 17.8 Å². The number of alkyl halides is 1. The number of halogens is 4. The van der Waals surface area contributed by atoms with Crippen LogP contribution in [-0.2, 0) is 14.8 Å². The highest BCUT2D eigenvalue weighted by molar-refractivity contribution is 9.10. The molecule has 1 aliphatic rings. The first-order valence-corrected chi connectivity index (χ1v) is 13.5. The van der Waals surface area contributed by atoms with Gasteiger partial charge >= 0.3 is 0 Å². The standard InChI is InChI=1S/C22H18BrClF2N2O3S2/c1-13(15-4-2-3-5-18(15)25)19-11-27-21(32-19)22(26)12-28(8-9-33(22,30)31)20(29)14-6-7-16(23)17(24)10-14/h2-7,10-11,13H,8-9,12H2,1H3/t13-,22+/m1/s1. The van der Waals surface area contributed by atoms with Gasteiger partial charge in [0.25, 0.3) is 10.9 Å². The molecule has 0 N–H and O–H groups in total. The second-order valence-electron chi connectivity index (χ2n) is 7.71. The molecule has 0 saturated carbocycles. The molecule has 174 valence electrons. The molecule has 1 amide bonds. The van der Waals surface area contributed by atoms with Crippen LogP contribution in [0.4, 0.5) is 8.78 Å². The first-order valence-electron chi connectivity index (χ1n) is 9.89. The third-order valence-corrected chi connectivity index (χ3v) is 10.3. The van der Waals surface area contributed by atoms with Crippen molar-refractivity contribution in [1.82, 2.24) is 9.88 Å². The normalized spacial score (nSPS) is 21.1. The van der Waals surface area contributed by atoms with Gasteiger partial charge in [-0.3, -0.25) is 4.79 Å². The maximum absolute atomic E-state index is 16.2. The van der Waals surface area contributed by atoms with E-state index in [-0.39, 0.29) is 17.1 Å². The zero-order valence-electron chi connectivity index (χ0n) is 17.3. The minimum absolute atomic E-state index is 0.148. The summed E-state index contributed by atoms with van der Waals surface area (Å²) in [7, 11) is -4.25. The number of benzene rings is 2. The number of hydrogen-bond acceptors (Lipinski definition) is 5. The van der Waals surface area contributed by atoms with Crippen molar-refractivity contribution in [1.29, 1.82) is 0 Å². The Hall–Kier alpha value is -1.88. The molecule has 1 fully saturated rings. The van der Waals surface area contributed by atoms with Gasteiger partial charge in [0, 0.05) is 33.6 Å². The fourth-order valence-corrected chi connectivity index (χ4v) is 6.98. The molecule has 1 saturated heterocycles. The van der Waals surface area contributed by atoms with Crippen LogP contribution in [0.2, 0.25) is 5.02 Å². The van der Waals surface area contributed by atoms with Crippen LogP contribution < -0.4 is 0 Å². The second-order valence-corrected chi connectivity index (χ2v) is 12.3. The molecule has 2 heterocycles. The van der Waals surface area contributed by atoms with Gasteiger partial charge in [-0.1, -0.05) is 36.7 Å². The summed E-state index contributed by atoms with van der Waals surface area (Å²) in [5.41, 5.74) is 0.619. The lowest BCUT2D eigenvalue weighted by molar-refractivity contribution is 0.0666. The molecule has 0 spiro atoms. The molecule has 0 bridgehead atoms. The van der Waals surface area contributed by atoms with E-state index in [9.17, 15) is 17.6 Å². The van der Waals surface area contributed by atoms with Gasteiger partial charge in [-0.15, -0.1) is 11.3 Å². The van der Waals surface area contributed by atoms with Crippen molar-refractivity contribution in [2.24, 2.45) is 0 Å². The number of thiazole rings is 1. The zero-order valence-corrected chi connectivity index (χ0v) is 21.2. The van der Waals surface area contributed by atoms with Gasteiger partial charge < -0.3 is 4.90 Å². The molecule has 0 aliphatic carbocycles. The number of rotatable bonds is 4. The molecule has 0 unspecified atom stereocenters. The lowest BCUT2D eigenvalue weighted by Crippen LogP contribution is -2.53. The molecule has 5 nitrogen and oxygen atoms in total. The second kappa shape index (κ2) is 9.05. The summed E-state index contributed by atoms with van der Waals surface area (Å²) in [5, 5.41) is -2.83. The lowest BCUT2D eigenvalue weighted by atomic mass is 10.00. The highest BCUT2D eigenvalue weighted by Gasteiger charge is 2.53. The van der Waals surface area contributed by atoms with E-state index in [1.807, 2.05) is 0 Å².